The van der Waals surface area contributed by atoms with Crippen LogP contribution in [0.15, 0.2) is 18.2 Å². The highest BCUT2D eigenvalue weighted by molar-refractivity contribution is 14.1. The van der Waals surface area contributed by atoms with Gasteiger partial charge in [0.1, 0.15) is 11.3 Å². The maximum Gasteiger partial charge on any atom is 0.340 e. The normalized spacial score (nSPS) is 9.69. The van der Waals surface area contributed by atoms with E-state index in [0.29, 0.717) is 15.9 Å². The van der Waals surface area contributed by atoms with Crippen LogP contribution in [0.25, 0.3) is 0 Å². The van der Waals surface area contributed by atoms with E-state index in [-0.39, 0.29) is 5.56 Å². The SMILES string of the molecule is CCOc1cccc(I)c1C(=O)O. The molecule has 0 saturated carbocycles. The van der Waals surface area contributed by atoms with Crippen molar-refractivity contribution in [2.45, 2.75) is 6.92 Å². The van der Waals surface area contributed by atoms with Crippen molar-refractivity contribution in [3.05, 3.63) is 27.3 Å². The molecule has 1 aromatic carbocycles. The van der Waals surface area contributed by atoms with Gasteiger partial charge < -0.3 is 9.84 Å². The molecule has 0 radical (unpaired) electrons. The number of rotatable bonds is 3. The first kappa shape index (κ1) is 10.3. The minimum absolute atomic E-state index is 0.241. The van der Waals surface area contributed by atoms with E-state index in [1.807, 2.05) is 29.5 Å². The number of aromatic carboxylic acids is 1. The van der Waals surface area contributed by atoms with E-state index in [9.17, 15) is 4.79 Å². The maximum absolute atomic E-state index is 10.8. The Morgan fingerprint density at radius 3 is 2.85 bits per heavy atom. The predicted octanol–water partition coefficient (Wildman–Crippen LogP) is 2.39. The summed E-state index contributed by atoms with van der Waals surface area (Å²) < 4.78 is 5.88. The van der Waals surface area contributed by atoms with Crippen LogP contribution >= 0.6 is 22.6 Å². The van der Waals surface area contributed by atoms with Crippen LogP contribution in [0.5, 0.6) is 5.75 Å². The van der Waals surface area contributed by atoms with Gasteiger partial charge in [-0.3, -0.25) is 0 Å². The minimum atomic E-state index is -0.951. The number of carbonyl (C=O) groups is 1. The molecule has 70 valence electrons. The van der Waals surface area contributed by atoms with Crippen LogP contribution in [0.2, 0.25) is 0 Å². The van der Waals surface area contributed by atoms with Crippen molar-refractivity contribution < 1.29 is 14.6 Å². The molecule has 0 amide bonds. The van der Waals surface area contributed by atoms with Gasteiger partial charge in [-0.2, -0.15) is 0 Å². The Hall–Kier alpha value is -0.780. The van der Waals surface area contributed by atoms with Crippen molar-refractivity contribution in [1.29, 1.82) is 0 Å². The van der Waals surface area contributed by atoms with Gasteiger partial charge >= 0.3 is 5.97 Å². The van der Waals surface area contributed by atoms with Crippen molar-refractivity contribution in [1.82, 2.24) is 0 Å². The Bertz CT molecular complexity index is 323. The number of halogens is 1. The Morgan fingerprint density at radius 1 is 1.62 bits per heavy atom. The quantitative estimate of drug-likeness (QED) is 0.870. The molecule has 1 N–H and O–H groups in total. The van der Waals surface area contributed by atoms with Gasteiger partial charge in [-0.15, -0.1) is 0 Å². The van der Waals surface area contributed by atoms with Crippen molar-refractivity contribution in [3.8, 4) is 5.75 Å². The second-order valence-electron chi connectivity index (χ2n) is 2.35. The van der Waals surface area contributed by atoms with Crippen LogP contribution in [0, 0.1) is 3.57 Å². The summed E-state index contributed by atoms with van der Waals surface area (Å²) in [4.78, 5) is 10.8. The molecule has 0 saturated heterocycles. The van der Waals surface area contributed by atoms with Gasteiger partial charge in [0, 0.05) is 3.57 Å². The van der Waals surface area contributed by atoms with Crippen molar-refractivity contribution in [2.75, 3.05) is 6.61 Å². The summed E-state index contributed by atoms with van der Waals surface area (Å²) in [7, 11) is 0. The predicted molar refractivity (Wildman–Crippen MR) is 57.3 cm³/mol. The molecule has 0 atom stereocenters. The second kappa shape index (κ2) is 4.45. The smallest absolute Gasteiger partial charge is 0.340 e. The van der Waals surface area contributed by atoms with E-state index in [1.54, 1.807) is 18.2 Å². The topological polar surface area (TPSA) is 46.5 Å². The summed E-state index contributed by atoms with van der Waals surface area (Å²) in [6.45, 7) is 2.30. The van der Waals surface area contributed by atoms with Gasteiger partial charge in [-0.25, -0.2) is 4.79 Å². The van der Waals surface area contributed by atoms with E-state index in [0.717, 1.165) is 0 Å². The largest absolute Gasteiger partial charge is 0.493 e. The molecule has 0 aliphatic heterocycles. The lowest BCUT2D eigenvalue weighted by Gasteiger charge is -2.07. The lowest BCUT2D eigenvalue weighted by Crippen LogP contribution is -2.04. The molecule has 0 spiro atoms. The molecule has 1 aromatic rings. The summed E-state index contributed by atoms with van der Waals surface area (Å²) in [5, 5.41) is 8.89. The lowest BCUT2D eigenvalue weighted by molar-refractivity contribution is 0.0691. The highest BCUT2D eigenvalue weighted by atomic mass is 127. The third kappa shape index (κ3) is 2.33. The van der Waals surface area contributed by atoms with Crippen LogP contribution in [0.3, 0.4) is 0 Å². The van der Waals surface area contributed by atoms with Crippen LogP contribution in [-0.4, -0.2) is 17.7 Å². The Labute approximate surface area is 89.9 Å². The summed E-state index contributed by atoms with van der Waals surface area (Å²) in [5.74, 6) is -0.518. The molecule has 1 rings (SSSR count). The van der Waals surface area contributed by atoms with Crippen LogP contribution in [0.4, 0.5) is 0 Å². The first-order chi connectivity index (χ1) is 6.16. The van der Waals surface area contributed by atoms with Crippen LogP contribution in [0.1, 0.15) is 17.3 Å². The highest BCUT2D eigenvalue weighted by Gasteiger charge is 2.14. The number of hydrogen-bond acceptors (Lipinski definition) is 2. The molecule has 0 heterocycles. The molecule has 0 aliphatic rings. The summed E-state index contributed by atoms with van der Waals surface area (Å²) in [6.07, 6.45) is 0. The first-order valence-electron chi connectivity index (χ1n) is 3.81. The van der Waals surface area contributed by atoms with E-state index >= 15 is 0 Å². The van der Waals surface area contributed by atoms with E-state index < -0.39 is 5.97 Å². The van der Waals surface area contributed by atoms with Crippen molar-refractivity contribution >= 4 is 28.6 Å². The van der Waals surface area contributed by atoms with E-state index in [2.05, 4.69) is 0 Å². The number of carboxylic acid groups (broad SMARTS) is 1. The molecular formula is C9H9IO3. The number of hydrogen-bond donors (Lipinski definition) is 1. The molecule has 3 nitrogen and oxygen atoms in total. The van der Waals surface area contributed by atoms with Gasteiger partial charge in [0.2, 0.25) is 0 Å². The van der Waals surface area contributed by atoms with Crippen molar-refractivity contribution in [3.63, 3.8) is 0 Å². The molecule has 0 aliphatic carbocycles. The van der Waals surface area contributed by atoms with Gasteiger partial charge in [0.25, 0.3) is 0 Å². The molecule has 0 aromatic heterocycles. The highest BCUT2D eigenvalue weighted by Crippen LogP contribution is 2.23. The average molecular weight is 292 g/mol. The van der Waals surface area contributed by atoms with Crippen LogP contribution < -0.4 is 4.74 Å². The Kier molecular flexibility index (Phi) is 3.53. The maximum atomic E-state index is 10.8. The first-order valence-corrected chi connectivity index (χ1v) is 4.89. The Balaban J connectivity index is 3.17. The third-order valence-electron chi connectivity index (χ3n) is 1.49. The number of benzene rings is 1. The monoisotopic (exact) mass is 292 g/mol. The standard InChI is InChI=1S/C9H9IO3/c1-2-13-7-5-3-4-6(10)8(7)9(11)12/h3-5H,2H2,1H3,(H,11,12). The Morgan fingerprint density at radius 2 is 2.31 bits per heavy atom. The second-order valence-corrected chi connectivity index (χ2v) is 3.51. The molecule has 0 unspecified atom stereocenters. The van der Waals surface area contributed by atoms with E-state index in [1.165, 1.54) is 0 Å². The zero-order valence-electron chi connectivity index (χ0n) is 7.08. The molecular weight excluding hydrogens is 283 g/mol. The minimum Gasteiger partial charge on any atom is -0.493 e. The average Bonchev–Trinajstić information content (AvgIpc) is 2.04. The van der Waals surface area contributed by atoms with Crippen LogP contribution in [-0.2, 0) is 0 Å². The zero-order chi connectivity index (χ0) is 9.84. The van der Waals surface area contributed by atoms with Gasteiger partial charge in [-0.1, -0.05) is 6.07 Å². The van der Waals surface area contributed by atoms with Crippen molar-refractivity contribution in [2.24, 2.45) is 0 Å². The molecule has 0 fully saturated rings. The van der Waals surface area contributed by atoms with Gasteiger partial charge in [-0.05, 0) is 41.6 Å². The summed E-state index contributed by atoms with van der Waals surface area (Å²) in [5.41, 5.74) is 0.241. The third-order valence-corrected chi connectivity index (χ3v) is 2.39. The molecule has 13 heavy (non-hydrogen) atoms. The number of carboxylic acids is 1. The van der Waals surface area contributed by atoms with E-state index in [4.69, 9.17) is 9.84 Å². The fraction of sp³-hybridized carbons (Fsp3) is 0.222. The fourth-order valence-corrected chi connectivity index (χ4v) is 1.69. The zero-order valence-corrected chi connectivity index (χ0v) is 9.24. The fourth-order valence-electron chi connectivity index (χ4n) is 0.988. The number of ether oxygens (including phenoxy) is 1. The molecule has 4 heteroatoms. The summed E-state index contributed by atoms with van der Waals surface area (Å²) in [6, 6.07) is 5.18. The van der Waals surface area contributed by atoms with Gasteiger partial charge in [0.15, 0.2) is 0 Å². The molecule has 0 bridgehead atoms. The lowest BCUT2D eigenvalue weighted by atomic mass is 10.2. The van der Waals surface area contributed by atoms with Gasteiger partial charge in [0.05, 0.1) is 6.61 Å². The summed E-state index contributed by atoms with van der Waals surface area (Å²) >= 11 is 1.98.